The van der Waals surface area contributed by atoms with Gasteiger partial charge in [0, 0.05) is 16.4 Å². The molecule has 1 heterocycles. The van der Waals surface area contributed by atoms with E-state index in [4.69, 9.17) is 16.3 Å². The fourth-order valence-electron chi connectivity index (χ4n) is 3.44. The monoisotopic (exact) mass is 442 g/mol. The van der Waals surface area contributed by atoms with Crippen LogP contribution in [0.25, 0.3) is 5.69 Å². The molecule has 30 heavy (non-hydrogen) atoms. The van der Waals surface area contributed by atoms with Crippen molar-refractivity contribution in [3.8, 4) is 5.69 Å². The van der Waals surface area contributed by atoms with Crippen molar-refractivity contribution in [2.75, 3.05) is 11.1 Å². The first-order valence-electron chi connectivity index (χ1n) is 10.0. The van der Waals surface area contributed by atoms with Crippen molar-refractivity contribution < 1.29 is 9.53 Å². The van der Waals surface area contributed by atoms with Gasteiger partial charge in [0.2, 0.25) is 0 Å². The molecule has 1 aliphatic rings. The first kappa shape index (κ1) is 20.8. The van der Waals surface area contributed by atoms with Gasteiger partial charge in [-0.15, -0.1) is 10.2 Å². The summed E-state index contributed by atoms with van der Waals surface area (Å²) >= 11 is 7.30. The summed E-state index contributed by atoms with van der Waals surface area (Å²) in [6, 6.07) is 17.4. The number of thioether (sulfide) groups is 1. The molecule has 2 aromatic carbocycles. The maximum Gasteiger partial charge on any atom is 0.316 e. The van der Waals surface area contributed by atoms with Crippen molar-refractivity contribution >= 4 is 35.0 Å². The van der Waals surface area contributed by atoms with E-state index < -0.39 is 0 Å². The van der Waals surface area contributed by atoms with Gasteiger partial charge in [-0.05, 0) is 62.1 Å². The Morgan fingerprint density at radius 3 is 2.57 bits per heavy atom. The third-order valence-corrected chi connectivity index (χ3v) is 6.08. The maximum absolute atomic E-state index is 12.2. The number of benzene rings is 2. The van der Waals surface area contributed by atoms with E-state index in [2.05, 4.69) is 15.5 Å². The molecule has 0 aliphatic heterocycles. The zero-order valence-electron chi connectivity index (χ0n) is 16.5. The number of nitrogens with zero attached hydrogens (tertiary/aromatic N) is 3. The zero-order valence-corrected chi connectivity index (χ0v) is 18.0. The summed E-state index contributed by atoms with van der Waals surface area (Å²) in [5.74, 6) is 0.768. The Bertz CT molecular complexity index is 973. The number of nitrogens with one attached hydrogen (secondary N) is 1. The van der Waals surface area contributed by atoms with Crippen LogP contribution in [0.1, 0.15) is 31.5 Å². The average Bonchev–Trinajstić information content (AvgIpc) is 3.42. The number of aromatic nitrogens is 3. The quantitative estimate of drug-likeness (QED) is 0.386. The molecule has 1 aromatic heterocycles. The van der Waals surface area contributed by atoms with Crippen LogP contribution in [0, 0.1) is 0 Å². The minimum Gasteiger partial charge on any atom is -0.462 e. The molecule has 0 unspecified atom stereocenters. The molecular weight excluding hydrogens is 420 g/mol. The van der Waals surface area contributed by atoms with Crippen molar-refractivity contribution in [1.82, 2.24) is 14.8 Å². The Labute approximate surface area is 185 Å². The summed E-state index contributed by atoms with van der Waals surface area (Å²) in [5, 5.41) is 13.4. The van der Waals surface area contributed by atoms with Crippen LogP contribution in [0.2, 0.25) is 5.02 Å². The minimum absolute atomic E-state index is 0.0734. The minimum atomic E-state index is -0.199. The highest BCUT2D eigenvalue weighted by Gasteiger charge is 2.21. The molecule has 1 fully saturated rings. The van der Waals surface area contributed by atoms with E-state index in [1.807, 2.05) is 59.2 Å². The summed E-state index contributed by atoms with van der Waals surface area (Å²) in [6.07, 6.45) is 4.28. The van der Waals surface area contributed by atoms with Gasteiger partial charge in [-0.25, -0.2) is 0 Å². The maximum atomic E-state index is 12.2. The Morgan fingerprint density at radius 2 is 1.83 bits per heavy atom. The third kappa shape index (κ3) is 5.34. The number of hydrogen-bond acceptors (Lipinski definition) is 6. The molecule has 4 rings (SSSR count). The number of carbonyl (C=O) groups is 1. The van der Waals surface area contributed by atoms with Crippen molar-refractivity contribution in [2.24, 2.45) is 0 Å². The van der Waals surface area contributed by atoms with Gasteiger partial charge < -0.3 is 10.1 Å². The fourth-order valence-corrected chi connectivity index (χ4v) is 4.32. The highest BCUT2D eigenvalue weighted by molar-refractivity contribution is 7.99. The van der Waals surface area contributed by atoms with Gasteiger partial charge in [0.15, 0.2) is 11.0 Å². The normalized spacial score (nSPS) is 14.0. The fraction of sp³-hybridized carbons (Fsp3) is 0.318. The lowest BCUT2D eigenvalue weighted by Crippen LogP contribution is -2.16. The summed E-state index contributed by atoms with van der Waals surface area (Å²) in [7, 11) is 0. The van der Waals surface area contributed by atoms with Crippen molar-refractivity contribution in [3.05, 3.63) is 65.4 Å². The third-order valence-electron chi connectivity index (χ3n) is 4.93. The SMILES string of the molecule is O=C(CSc1nnc(CNc2ccc(Cl)cc2)n1-c1ccccc1)OC1CCCC1. The summed E-state index contributed by atoms with van der Waals surface area (Å²) in [4.78, 5) is 12.2. The molecule has 0 radical (unpaired) electrons. The molecule has 1 aliphatic carbocycles. The summed E-state index contributed by atoms with van der Waals surface area (Å²) < 4.78 is 7.53. The first-order chi connectivity index (χ1) is 14.7. The second-order valence-electron chi connectivity index (χ2n) is 7.12. The van der Waals surface area contributed by atoms with Crippen LogP contribution in [0.15, 0.2) is 59.8 Å². The molecule has 6 nitrogen and oxygen atoms in total. The molecule has 0 atom stereocenters. The number of halogens is 1. The van der Waals surface area contributed by atoms with E-state index in [1.165, 1.54) is 11.8 Å². The van der Waals surface area contributed by atoms with E-state index in [0.29, 0.717) is 16.7 Å². The molecular formula is C22H23ClN4O2S. The predicted molar refractivity (Wildman–Crippen MR) is 119 cm³/mol. The van der Waals surface area contributed by atoms with Crippen LogP contribution < -0.4 is 5.32 Å². The largest absolute Gasteiger partial charge is 0.462 e. The predicted octanol–water partition coefficient (Wildman–Crippen LogP) is 5.11. The molecule has 1 N–H and O–H groups in total. The molecule has 1 saturated carbocycles. The van der Waals surface area contributed by atoms with Crippen molar-refractivity contribution in [2.45, 2.75) is 43.5 Å². The Balaban J connectivity index is 1.47. The lowest BCUT2D eigenvalue weighted by atomic mass is 10.3. The van der Waals surface area contributed by atoms with Gasteiger partial charge in [0.25, 0.3) is 0 Å². The van der Waals surface area contributed by atoms with Crippen LogP contribution >= 0.6 is 23.4 Å². The van der Waals surface area contributed by atoms with Gasteiger partial charge in [0.1, 0.15) is 6.10 Å². The van der Waals surface area contributed by atoms with E-state index >= 15 is 0 Å². The van der Waals surface area contributed by atoms with Crippen LogP contribution in [0.4, 0.5) is 5.69 Å². The van der Waals surface area contributed by atoms with Crippen LogP contribution in [0.3, 0.4) is 0 Å². The van der Waals surface area contributed by atoms with Gasteiger partial charge >= 0.3 is 5.97 Å². The Kier molecular flexibility index (Phi) is 6.92. The number of esters is 1. The smallest absolute Gasteiger partial charge is 0.316 e. The van der Waals surface area contributed by atoms with Gasteiger partial charge in [-0.2, -0.15) is 0 Å². The van der Waals surface area contributed by atoms with E-state index in [1.54, 1.807) is 0 Å². The van der Waals surface area contributed by atoms with Gasteiger partial charge in [0.05, 0.1) is 12.3 Å². The second-order valence-corrected chi connectivity index (χ2v) is 8.49. The zero-order chi connectivity index (χ0) is 20.8. The lowest BCUT2D eigenvalue weighted by molar-refractivity contribution is -0.145. The average molecular weight is 443 g/mol. The van der Waals surface area contributed by atoms with Crippen LogP contribution in [-0.2, 0) is 16.1 Å². The number of anilines is 1. The Morgan fingerprint density at radius 1 is 1.10 bits per heavy atom. The number of hydrogen-bond donors (Lipinski definition) is 1. The van der Waals surface area contributed by atoms with E-state index in [9.17, 15) is 4.79 Å². The van der Waals surface area contributed by atoms with Crippen LogP contribution in [0.5, 0.6) is 0 Å². The van der Waals surface area contributed by atoms with E-state index in [-0.39, 0.29) is 17.8 Å². The molecule has 0 saturated heterocycles. The summed E-state index contributed by atoms with van der Waals surface area (Å²) in [5.41, 5.74) is 1.89. The molecule has 156 valence electrons. The highest BCUT2D eigenvalue weighted by atomic mass is 35.5. The molecule has 0 amide bonds. The molecule has 0 bridgehead atoms. The number of rotatable bonds is 8. The number of ether oxygens (including phenoxy) is 1. The Hall–Kier alpha value is -2.51. The van der Waals surface area contributed by atoms with Crippen molar-refractivity contribution in [1.29, 1.82) is 0 Å². The summed E-state index contributed by atoms with van der Waals surface area (Å²) in [6.45, 7) is 0.483. The second kappa shape index (κ2) is 10.00. The standard InChI is InChI=1S/C22H23ClN4O2S/c23-16-10-12-17(13-11-16)24-14-20-25-26-22(27(20)18-6-2-1-3-7-18)30-15-21(28)29-19-8-4-5-9-19/h1-3,6-7,10-13,19,24H,4-5,8-9,14-15H2. The molecule has 3 aromatic rings. The molecule has 0 spiro atoms. The molecule has 8 heteroatoms. The van der Waals surface area contributed by atoms with Gasteiger partial charge in [-0.1, -0.05) is 41.6 Å². The topological polar surface area (TPSA) is 69.0 Å². The highest BCUT2D eigenvalue weighted by Crippen LogP contribution is 2.25. The number of para-hydroxylation sites is 1. The van der Waals surface area contributed by atoms with E-state index in [0.717, 1.165) is 42.9 Å². The van der Waals surface area contributed by atoms with Gasteiger partial charge in [-0.3, -0.25) is 9.36 Å². The first-order valence-corrected chi connectivity index (χ1v) is 11.4. The van der Waals surface area contributed by atoms with Crippen molar-refractivity contribution in [3.63, 3.8) is 0 Å². The number of carbonyl (C=O) groups excluding carboxylic acids is 1. The van der Waals surface area contributed by atoms with Crippen LogP contribution in [-0.4, -0.2) is 32.6 Å². The lowest BCUT2D eigenvalue weighted by Gasteiger charge is -2.13.